The number of ether oxygens (including phenoxy) is 1. The van der Waals surface area contributed by atoms with Crippen molar-refractivity contribution in [1.29, 1.82) is 0 Å². The quantitative estimate of drug-likeness (QED) is 0.0566. The molecule has 278 valence electrons. The Morgan fingerprint density at radius 3 is 2.43 bits per heavy atom. The van der Waals surface area contributed by atoms with Crippen LogP contribution in [0.25, 0.3) is 11.2 Å². The number of hydrogen-bond donors (Lipinski definition) is 8. The number of hydrogen-bond acceptors (Lipinski definition) is 17. The number of phosphoric ester groups is 3. The topological polar surface area (TPSA) is 339 Å². The largest absolute Gasteiger partial charge is 0.481 e. The Balaban J connectivity index is 1.60. The van der Waals surface area contributed by atoms with Crippen LogP contribution in [0.5, 0.6) is 0 Å². The number of nitrogens with one attached hydrogen (secondary N) is 1. The van der Waals surface area contributed by atoms with Gasteiger partial charge in [-0.1, -0.05) is 19.0 Å². The molecule has 1 amide bonds. The molecule has 1 saturated heterocycles. The van der Waals surface area contributed by atoms with Crippen molar-refractivity contribution in [2.24, 2.45) is 10.6 Å². The lowest BCUT2D eigenvalue weighted by Gasteiger charge is -2.30. The lowest BCUT2D eigenvalue weighted by molar-refractivity contribution is -0.136. The molecular formula is C23H40N7O16P3. The van der Waals surface area contributed by atoms with Crippen molar-refractivity contribution in [3.8, 4) is 0 Å². The summed E-state index contributed by atoms with van der Waals surface area (Å²) in [5.41, 5.74) is 4.95. The van der Waals surface area contributed by atoms with Crippen LogP contribution in [0.4, 0.5) is 5.82 Å². The molecular weight excluding hydrogens is 723 g/mol. The fourth-order valence-electron chi connectivity index (χ4n) is 4.16. The Morgan fingerprint density at radius 2 is 1.80 bits per heavy atom. The highest BCUT2D eigenvalue weighted by molar-refractivity contribution is 7.61. The molecule has 3 heterocycles. The van der Waals surface area contributed by atoms with Gasteiger partial charge in [0.15, 0.2) is 17.7 Å². The van der Waals surface area contributed by atoms with Crippen LogP contribution in [-0.4, -0.2) is 111 Å². The third-order valence-electron chi connectivity index (χ3n) is 6.63. The van der Waals surface area contributed by atoms with Gasteiger partial charge in [0.05, 0.1) is 25.3 Å². The lowest BCUT2D eigenvalue weighted by Crippen LogP contribution is -2.46. The summed E-state index contributed by atoms with van der Waals surface area (Å²) in [4.78, 5) is 68.4. The summed E-state index contributed by atoms with van der Waals surface area (Å²) in [5.74, 6) is -0.876. The van der Waals surface area contributed by atoms with Crippen LogP contribution in [0.3, 0.4) is 0 Å². The Morgan fingerprint density at radius 1 is 1.14 bits per heavy atom. The Kier molecular flexibility index (Phi) is 13.6. The van der Waals surface area contributed by atoms with Crippen molar-refractivity contribution in [1.82, 2.24) is 24.8 Å². The summed E-state index contributed by atoms with van der Waals surface area (Å²) < 4.78 is 61.9. The Bertz CT molecular complexity index is 1630. The first-order valence-corrected chi connectivity index (χ1v) is 18.9. The molecule has 1 fully saturated rings. The summed E-state index contributed by atoms with van der Waals surface area (Å²) in [6.45, 7) is 6.03. The van der Waals surface area contributed by atoms with Crippen molar-refractivity contribution >= 4 is 52.1 Å². The van der Waals surface area contributed by atoms with E-state index in [9.17, 15) is 48.3 Å². The highest BCUT2D eigenvalue weighted by atomic mass is 31.3. The molecule has 2 aromatic rings. The SMILES string of the molecule is C/C(CCNC(=O)[C@@H](O)C(C)(C)COP(=O)(O)OP(=O)(O)OCC1OC(n2cnc3c(N)ncnc32)C(O)C1OP(=O)(O)O)=N\OC(C)C. The molecule has 0 bridgehead atoms. The van der Waals surface area contributed by atoms with Crippen LogP contribution in [-0.2, 0) is 45.9 Å². The molecule has 1 aliphatic rings. The third-order valence-corrected chi connectivity index (χ3v) is 9.73. The van der Waals surface area contributed by atoms with Crippen molar-refractivity contribution in [3.63, 3.8) is 0 Å². The highest BCUT2D eigenvalue weighted by Gasteiger charge is 2.50. The maximum Gasteiger partial charge on any atom is 0.481 e. The number of nitrogens with zero attached hydrogens (tertiary/aromatic N) is 5. The van der Waals surface area contributed by atoms with Crippen LogP contribution in [0, 0.1) is 5.41 Å². The van der Waals surface area contributed by atoms with Gasteiger partial charge < -0.3 is 50.4 Å². The zero-order valence-electron chi connectivity index (χ0n) is 26.9. The second kappa shape index (κ2) is 16.3. The molecule has 0 spiro atoms. The number of aliphatic hydroxyl groups is 2. The molecule has 6 unspecified atom stereocenters. The molecule has 23 nitrogen and oxygen atoms in total. The number of phosphoric acid groups is 3. The number of carbonyl (C=O) groups excluding carboxylic acids is 1. The van der Waals surface area contributed by atoms with Gasteiger partial charge in [0.1, 0.15) is 42.4 Å². The van der Waals surface area contributed by atoms with Gasteiger partial charge in [-0.05, 0) is 20.8 Å². The molecule has 0 saturated carbocycles. The van der Waals surface area contributed by atoms with Gasteiger partial charge in [0.2, 0.25) is 5.91 Å². The number of nitrogens with two attached hydrogens (primary N) is 1. The maximum absolute atomic E-state index is 12.6. The standard InChI is InChI=1S/C23H40N7O16P3/c1-12(2)44-29-13(3)6-7-25-21(33)18(32)23(4,5)9-42-49(39,40)46-48(37,38)41-8-14-17(45-47(34,35)36)16(31)22(43-14)30-11-28-15-19(24)26-10-27-20(15)30/h10-12,14,16-18,22,31-32H,6-9H2,1-5H3,(H,25,33)(H,37,38)(H,39,40)(H2,24,26,27)(H2,34,35,36)/b29-13+/t14?,16?,17?,18-,22?/m1/s1. The minimum atomic E-state index is -5.52. The number of nitrogen functional groups attached to an aromatic ring is 1. The van der Waals surface area contributed by atoms with E-state index in [1.54, 1.807) is 20.8 Å². The van der Waals surface area contributed by atoms with Gasteiger partial charge in [-0.25, -0.2) is 28.6 Å². The lowest BCUT2D eigenvalue weighted by atomic mass is 9.87. The number of fused-ring (bicyclic) bond motifs is 1. The monoisotopic (exact) mass is 763 g/mol. The van der Waals surface area contributed by atoms with E-state index < -0.39 is 78.6 Å². The number of aliphatic hydroxyl groups excluding tert-OH is 2. The maximum atomic E-state index is 12.6. The molecule has 9 N–H and O–H groups in total. The molecule has 0 radical (unpaired) electrons. The molecule has 3 rings (SSSR count). The number of oxime groups is 1. The van der Waals surface area contributed by atoms with E-state index in [0.29, 0.717) is 12.1 Å². The first-order chi connectivity index (χ1) is 22.5. The number of carbonyl (C=O) groups is 1. The van der Waals surface area contributed by atoms with E-state index in [0.717, 1.165) is 17.2 Å². The van der Waals surface area contributed by atoms with Crippen molar-refractivity contribution in [2.45, 2.75) is 77.8 Å². The van der Waals surface area contributed by atoms with Crippen molar-refractivity contribution in [3.05, 3.63) is 12.7 Å². The number of aromatic nitrogens is 4. The highest BCUT2D eigenvalue weighted by Crippen LogP contribution is 2.61. The average molecular weight is 764 g/mol. The van der Waals surface area contributed by atoms with Crippen LogP contribution in [0.2, 0.25) is 0 Å². The van der Waals surface area contributed by atoms with E-state index >= 15 is 0 Å². The van der Waals surface area contributed by atoms with E-state index in [1.165, 1.54) is 13.8 Å². The zero-order chi connectivity index (χ0) is 36.9. The fraction of sp³-hybridized carbons (Fsp3) is 0.696. The molecule has 1 aliphatic heterocycles. The average Bonchev–Trinajstić information content (AvgIpc) is 3.54. The molecule has 7 atom stereocenters. The van der Waals surface area contributed by atoms with E-state index in [1.807, 2.05) is 0 Å². The number of rotatable bonds is 18. The summed E-state index contributed by atoms with van der Waals surface area (Å²) >= 11 is 0. The Labute approximate surface area is 279 Å². The number of imidazole rings is 1. The van der Waals surface area contributed by atoms with Crippen molar-refractivity contribution < 1.29 is 75.7 Å². The van der Waals surface area contributed by atoms with Crippen LogP contribution in [0.1, 0.15) is 47.3 Å². The molecule has 2 aromatic heterocycles. The molecule has 26 heteroatoms. The minimum absolute atomic E-state index is 0.0290. The van der Waals surface area contributed by atoms with Gasteiger partial charge in [-0.2, -0.15) is 4.31 Å². The minimum Gasteiger partial charge on any atom is -0.393 e. The van der Waals surface area contributed by atoms with Gasteiger partial charge in [0.25, 0.3) is 0 Å². The summed E-state index contributed by atoms with van der Waals surface area (Å²) in [6, 6.07) is 0. The normalized spacial score (nSPS) is 23.7. The van der Waals surface area contributed by atoms with Crippen LogP contribution >= 0.6 is 23.5 Å². The van der Waals surface area contributed by atoms with Crippen molar-refractivity contribution in [2.75, 3.05) is 25.5 Å². The summed E-state index contributed by atoms with van der Waals surface area (Å²) in [6.07, 6.45) is -6.35. The number of amides is 1. The predicted octanol–water partition coefficient (Wildman–Crippen LogP) is 0.0896. The molecule has 0 aromatic carbocycles. The van der Waals surface area contributed by atoms with E-state index in [2.05, 4.69) is 34.3 Å². The van der Waals surface area contributed by atoms with Crippen LogP contribution < -0.4 is 11.1 Å². The van der Waals surface area contributed by atoms with Gasteiger partial charge >= 0.3 is 23.5 Å². The van der Waals surface area contributed by atoms with Crippen LogP contribution in [0.15, 0.2) is 17.8 Å². The second-order valence-electron chi connectivity index (χ2n) is 11.7. The fourth-order valence-corrected chi connectivity index (χ4v) is 6.99. The van der Waals surface area contributed by atoms with E-state index in [4.69, 9.17) is 24.4 Å². The van der Waals surface area contributed by atoms with Gasteiger partial charge in [-0.15, -0.1) is 0 Å². The summed E-state index contributed by atoms with van der Waals surface area (Å²) in [5, 5.41) is 27.7. The molecule has 49 heavy (non-hydrogen) atoms. The van der Waals surface area contributed by atoms with E-state index in [-0.39, 0.29) is 29.6 Å². The first-order valence-electron chi connectivity index (χ1n) is 14.3. The first kappa shape index (κ1) is 41.0. The van der Waals surface area contributed by atoms with Gasteiger partial charge in [-0.3, -0.25) is 22.9 Å². The second-order valence-corrected chi connectivity index (χ2v) is 15.9. The zero-order valence-corrected chi connectivity index (χ0v) is 29.6. The van der Waals surface area contributed by atoms with Gasteiger partial charge in [0, 0.05) is 18.4 Å². The third kappa shape index (κ3) is 11.8. The number of anilines is 1. The Hall–Kier alpha value is -2.46. The smallest absolute Gasteiger partial charge is 0.393 e. The predicted molar refractivity (Wildman–Crippen MR) is 166 cm³/mol. The molecule has 0 aliphatic carbocycles. The summed E-state index contributed by atoms with van der Waals surface area (Å²) in [7, 11) is -16.2.